The molecule has 1 amide bonds. The molecule has 0 aliphatic carbocycles. The molecule has 1 aromatic carbocycles. The van der Waals surface area contributed by atoms with E-state index in [1.165, 1.54) is 0 Å². The molecule has 1 aliphatic rings. The summed E-state index contributed by atoms with van der Waals surface area (Å²) in [6.45, 7) is 0.973. The quantitative estimate of drug-likeness (QED) is 0.876. The third kappa shape index (κ3) is 3.91. The Hall–Kier alpha value is -2.18. The number of rotatable bonds is 6. The van der Waals surface area contributed by atoms with Crippen molar-refractivity contribution in [3.05, 3.63) is 42.4 Å². The number of likely N-dealkylation sites (tertiary alicyclic amines) is 1. The largest absolute Gasteiger partial charge is 0.381 e. The van der Waals surface area contributed by atoms with Crippen LogP contribution in [0, 0.1) is 0 Å². The number of nitrogens with one attached hydrogen (secondary N) is 1. The van der Waals surface area contributed by atoms with Crippen LogP contribution in [0.1, 0.15) is 31.1 Å². The summed E-state index contributed by atoms with van der Waals surface area (Å²) in [6, 6.07) is 10.0. The first-order chi connectivity index (χ1) is 12.2. The second-order valence-electron chi connectivity index (χ2n) is 6.27. The topological polar surface area (TPSA) is 67.5 Å². The van der Waals surface area contributed by atoms with E-state index < -0.39 is 6.10 Å². The van der Waals surface area contributed by atoms with E-state index in [0.717, 1.165) is 36.3 Å². The molecule has 1 fully saturated rings. The molecule has 1 N–H and O–H groups in total. The number of benzene rings is 1. The van der Waals surface area contributed by atoms with Crippen molar-refractivity contribution < 1.29 is 14.3 Å². The van der Waals surface area contributed by atoms with Crippen LogP contribution in [0.25, 0.3) is 11.3 Å². The first-order valence-electron chi connectivity index (χ1n) is 8.67. The Morgan fingerprint density at radius 1 is 1.32 bits per heavy atom. The Balaban J connectivity index is 1.81. The van der Waals surface area contributed by atoms with Crippen LogP contribution in [0.15, 0.2) is 36.5 Å². The summed E-state index contributed by atoms with van der Waals surface area (Å²) < 4.78 is 10.4. The van der Waals surface area contributed by atoms with Gasteiger partial charge in [0.05, 0.1) is 24.5 Å². The zero-order chi connectivity index (χ0) is 17.6. The monoisotopic (exact) mass is 343 g/mol. The summed E-state index contributed by atoms with van der Waals surface area (Å²) in [6.07, 6.45) is 4.24. The van der Waals surface area contributed by atoms with E-state index in [1.807, 2.05) is 41.4 Å². The number of hydrogen-bond donors (Lipinski definition) is 1. The van der Waals surface area contributed by atoms with Gasteiger partial charge in [-0.1, -0.05) is 30.3 Å². The first-order valence-corrected chi connectivity index (χ1v) is 8.67. The average molecular weight is 343 g/mol. The molecule has 6 nitrogen and oxygen atoms in total. The molecule has 1 saturated heterocycles. The van der Waals surface area contributed by atoms with Crippen molar-refractivity contribution >= 4 is 5.91 Å². The van der Waals surface area contributed by atoms with Crippen molar-refractivity contribution in [2.75, 3.05) is 27.4 Å². The van der Waals surface area contributed by atoms with E-state index in [-0.39, 0.29) is 18.6 Å². The van der Waals surface area contributed by atoms with Gasteiger partial charge in [0.15, 0.2) is 6.10 Å². The van der Waals surface area contributed by atoms with Crippen molar-refractivity contribution in [2.24, 2.45) is 0 Å². The minimum atomic E-state index is -0.575. The Morgan fingerprint density at radius 2 is 2.12 bits per heavy atom. The summed E-state index contributed by atoms with van der Waals surface area (Å²) in [7, 11) is 3.12. The Kier molecular flexibility index (Phi) is 5.83. The number of methoxy groups -OCH3 is 2. The van der Waals surface area contributed by atoms with E-state index in [9.17, 15) is 4.79 Å². The highest BCUT2D eigenvalue weighted by atomic mass is 16.5. The third-order valence-corrected chi connectivity index (χ3v) is 4.66. The summed E-state index contributed by atoms with van der Waals surface area (Å²) in [5, 5.41) is 0. The molecular formula is C19H25N3O3. The zero-order valence-corrected chi connectivity index (χ0v) is 14.8. The number of ether oxygens (including phenoxy) is 2. The third-order valence-electron chi connectivity index (χ3n) is 4.66. The van der Waals surface area contributed by atoms with Gasteiger partial charge in [0.1, 0.15) is 5.82 Å². The number of amides is 1. The molecule has 2 heterocycles. The van der Waals surface area contributed by atoms with E-state index in [0.29, 0.717) is 6.54 Å². The maximum absolute atomic E-state index is 12.9. The van der Waals surface area contributed by atoms with Crippen molar-refractivity contribution in [3.63, 3.8) is 0 Å². The second-order valence-corrected chi connectivity index (χ2v) is 6.27. The van der Waals surface area contributed by atoms with Crippen LogP contribution in [0.4, 0.5) is 0 Å². The van der Waals surface area contributed by atoms with E-state index in [4.69, 9.17) is 9.47 Å². The number of carbonyl (C=O) groups excluding carboxylic acids is 1. The lowest BCUT2D eigenvalue weighted by molar-refractivity contribution is -0.149. The van der Waals surface area contributed by atoms with Gasteiger partial charge in [-0.15, -0.1) is 0 Å². The van der Waals surface area contributed by atoms with Crippen molar-refractivity contribution in [3.8, 4) is 11.3 Å². The highest BCUT2D eigenvalue weighted by molar-refractivity contribution is 5.81. The highest BCUT2D eigenvalue weighted by Crippen LogP contribution is 2.31. The van der Waals surface area contributed by atoms with Crippen LogP contribution in [-0.2, 0) is 14.3 Å². The van der Waals surface area contributed by atoms with Gasteiger partial charge in [0, 0.05) is 20.8 Å². The van der Waals surface area contributed by atoms with E-state index in [1.54, 1.807) is 14.2 Å². The number of carbonyl (C=O) groups is 1. The Labute approximate surface area is 148 Å². The minimum Gasteiger partial charge on any atom is -0.381 e. The maximum Gasteiger partial charge on any atom is 0.254 e. The number of aromatic nitrogens is 2. The van der Waals surface area contributed by atoms with Crippen LogP contribution in [0.2, 0.25) is 0 Å². The zero-order valence-electron chi connectivity index (χ0n) is 14.8. The van der Waals surface area contributed by atoms with Gasteiger partial charge < -0.3 is 19.4 Å². The fourth-order valence-electron chi connectivity index (χ4n) is 3.33. The molecule has 1 aliphatic heterocycles. The summed E-state index contributed by atoms with van der Waals surface area (Å²) in [5.41, 5.74) is 2.05. The van der Waals surface area contributed by atoms with Crippen LogP contribution in [0.3, 0.4) is 0 Å². The van der Waals surface area contributed by atoms with Gasteiger partial charge >= 0.3 is 0 Å². The van der Waals surface area contributed by atoms with Gasteiger partial charge in [-0.25, -0.2) is 4.98 Å². The Morgan fingerprint density at radius 3 is 2.84 bits per heavy atom. The van der Waals surface area contributed by atoms with Gasteiger partial charge in [-0.3, -0.25) is 4.79 Å². The van der Waals surface area contributed by atoms with Gasteiger partial charge in [-0.2, -0.15) is 0 Å². The molecule has 2 atom stereocenters. The second kappa shape index (κ2) is 8.27. The predicted octanol–water partition coefficient (Wildman–Crippen LogP) is 2.79. The van der Waals surface area contributed by atoms with Crippen molar-refractivity contribution in [1.82, 2.24) is 14.9 Å². The molecular weight excluding hydrogens is 318 g/mol. The molecule has 2 unspecified atom stereocenters. The number of piperidine rings is 1. The molecule has 2 aromatic rings. The highest BCUT2D eigenvalue weighted by Gasteiger charge is 2.34. The van der Waals surface area contributed by atoms with Crippen molar-refractivity contribution in [2.45, 2.75) is 31.4 Å². The molecule has 0 radical (unpaired) electrons. The average Bonchev–Trinajstić information content (AvgIpc) is 3.16. The summed E-state index contributed by atoms with van der Waals surface area (Å²) in [5.74, 6) is 0.797. The minimum absolute atomic E-state index is 0.0355. The summed E-state index contributed by atoms with van der Waals surface area (Å²) in [4.78, 5) is 22.7. The molecule has 6 heteroatoms. The molecule has 3 rings (SSSR count). The lowest BCUT2D eigenvalue weighted by Gasteiger charge is -2.36. The van der Waals surface area contributed by atoms with E-state index >= 15 is 0 Å². The fourth-order valence-corrected chi connectivity index (χ4v) is 3.33. The van der Waals surface area contributed by atoms with Crippen LogP contribution in [0.5, 0.6) is 0 Å². The molecule has 0 saturated carbocycles. The van der Waals surface area contributed by atoms with Gasteiger partial charge in [0.25, 0.3) is 5.91 Å². The molecule has 25 heavy (non-hydrogen) atoms. The van der Waals surface area contributed by atoms with Crippen LogP contribution < -0.4 is 0 Å². The first kappa shape index (κ1) is 17.6. The molecule has 134 valence electrons. The Bertz CT molecular complexity index is 686. The molecule has 0 spiro atoms. The number of imidazole rings is 1. The van der Waals surface area contributed by atoms with Gasteiger partial charge in [-0.05, 0) is 24.8 Å². The SMILES string of the molecule is COCC(OC)C(=O)N1CCCCC1c1ncc(-c2ccccc2)[nH]1. The number of aromatic amines is 1. The number of H-pyrrole nitrogens is 1. The number of hydrogen-bond acceptors (Lipinski definition) is 4. The predicted molar refractivity (Wildman–Crippen MR) is 95.0 cm³/mol. The smallest absolute Gasteiger partial charge is 0.254 e. The molecule has 1 aromatic heterocycles. The normalized spacial score (nSPS) is 19.0. The molecule has 0 bridgehead atoms. The number of nitrogens with zero attached hydrogens (tertiary/aromatic N) is 2. The van der Waals surface area contributed by atoms with Crippen LogP contribution >= 0.6 is 0 Å². The lowest BCUT2D eigenvalue weighted by Crippen LogP contribution is -2.46. The van der Waals surface area contributed by atoms with Crippen LogP contribution in [-0.4, -0.2) is 54.3 Å². The fraction of sp³-hybridized carbons (Fsp3) is 0.474. The standard InChI is InChI=1S/C19H25N3O3/c1-24-13-17(25-2)19(23)22-11-7-6-10-16(22)18-20-12-15(21-18)14-8-4-3-5-9-14/h3-5,8-9,12,16-17H,6-7,10-11,13H2,1-2H3,(H,20,21). The lowest BCUT2D eigenvalue weighted by atomic mass is 10.0. The summed E-state index contributed by atoms with van der Waals surface area (Å²) >= 11 is 0. The maximum atomic E-state index is 12.9. The van der Waals surface area contributed by atoms with Crippen molar-refractivity contribution in [1.29, 1.82) is 0 Å². The van der Waals surface area contributed by atoms with E-state index in [2.05, 4.69) is 9.97 Å². The van der Waals surface area contributed by atoms with Gasteiger partial charge in [0.2, 0.25) is 0 Å².